The van der Waals surface area contributed by atoms with Crippen molar-refractivity contribution in [1.82, 2.24) is 15.0 Å². The number of fused-ring (bicyclic) bond motifs is 1. The number of carbonyl (C=O) groups is 1. The number of halogens is 7. The Bertz CT molecular complexity index is 1610. The molecule has 0 aliphatic carbocycles. The van der Waals surface area contributed by atoms with Gasteiger partial charge in [-0.1, -0.05) is 12.1 Å². The monoisotopic (exact) mass is 558 g/mol. The van der Waals surface area contributed by atoms with Crippen molar-refractivity contribution in [3.8, 4) is 11.3 Å². The number of ketones is 1. The number of benzene rings is 2. The predicted octanol–water partition coefficient (Wildman–Crippen LogP) is 6.99. The topological polar surface area (TPSA) is 68.1 Å². The quantitative estimate of drug-likeness (QED) is 0.189. The molecule has 0 radical (unpaired) electrons. The van der Waals surface area contributed by atoms with Gasteiger partial charge >= 0.3 is 12.4 Å². The summed E-state index contributed by atoms with van der Waals surface area (Å²) in [6, 6.07) is 7.98. The minimum Gasteiger partial charge on any atom is -0.294 e. The Balaban J connectivity index is 1.45. The number of hydrogen-bond donors (Lipinski definition) is 0. The number of nitrogens with zero attached hydrogens (tertiary/aromatic N) is 4. The lowest BCUT2D eigenvalue weighted by atomic mass is 9.95. The molecule has 2 aromatic carbocycles. The molecule has 0 saturated heterocycles. The van der Waals surface area contributed by atoms with Crippen LogP contribution in [0.1, 0.15) is 44.0 Å². The molecular formula is C28H17F7N4O. The molecule has 204 valence electrons. The molecule has 0 bridgehead atoms. The predicted molar refractivity (Wildman–Crippen MR) is 131 cm³/mol. The molecule has 0 atom stereocenters. The second kappa shape index (κ2) is 10.2. The first-order valence-electron chi connectivity index (χ1n) is 11.8. The standard InChI is InChI=1S/C28H17F7N4O/c29-21-4-3-15(9-23-20(2-1-6-36-23)25-26-22(5-7-37-26)38-14-39-25)8-16(21)12-24(40)17-10-18(27(30,31)32)13-19(11-17)28(33,34)35/h1-4,6-8,10-11,13-14H,5,9,12H2. The van der Waals surface area contributed by atoms with Crippen molar-refractivity contribution in [3.05, 3.63) is 106 Å². The zero-order valence-corrected chi connectivity index (χ0v) is 20.3. The molecule has 0 spiro atoms. The molecule has 1 aliphatic heterocycles. The smallest absolute Gasteiger partial charge is 0.294 e. The van der Waals surface area contributed by atoms with E-state index in [1.165, 1.54) is 18.5 Å². The van der Waals surface area contributed by atoms with E-state index >= 15 is 0 Å². The molecule has 1 aliphatic rings. The van der Waals surface area contributed by atoms with Crippen LogP contribution in [0.4, 0.5) is 36.4 Å². The fourth-order valence-electron chi connectivity index (χ4n) is 4.37. The van der Waals surface area contributed by atoms with E-state index < -0.39 is 47.1 Å². The Labute approximate surface area is 222 Å². The molecule has 40 heavy (non-hydrogen) atoms. The third-order valence-electron chi connectivity index (χ3n) is 6.29. The van der Waals surface area contributed by atoms with Crippen molar-refractivity contribution >= 4 is 17.7 Å². The maximum absolute atomic E-state index is 14.7. The van der Waals surface area contributed by atoms with Crippen LogP contribution in [-0.4, -0.2) is 26.9 Å². The van der Waals surface area contributed by atoms with Gasteiger partial charge in [0.2, 0.25) is 0 Å². The summed E-state index contributed by atoms with van der Waals surface area (Å²) in [5.74, 6) is -1.93. The van der Waals surface area contributed by atoms with Gasteiger partial charge in [-0.2, -0.15) is 26.3 Å². The van der Waals surface area contributed by atoms with Crippen LogP contribution in [0.2, 0.25) is 0 Å². The molecule has 0 unspecified atom stereocenters. The van der Waals surface area contributed by atoms with Gasteiger partial charge in [0.05, 0.1) is 22.5 Å². The van der Waals surface area contributed by atoms with Crippen LogP contribution in [0.5, 0.6) is 0 Å². The van der Waals surface area contributed by atoms with Crippen molar-refractivity contribution in [3.63, 3.8) is 0 Å². The fourth-order valence-corrected chi connectivity index (χ4v) is 4.37. The molecule has 4 aromatic rings. The van der Waals surface area contributed by atoms with Crippen LogP contribution < -0.4 is 0 Å². The van der Waals surface area contributed by atoms with Crippen molar-refractivity contribution < 1.29 is 35.5 Å². The summed E-state index contributed by atoms with van der Waals surface area (Å²) < 4.78 is 94.0. The molecule has 0 fully saturated rings. The van der Waals surface area contributed by atoms with E-state index in [0.717, 1.165) is 11.8 Å². The third kappa shape index (κ3) is 5.61. The van der Waals surface area contributed by atoms with E-state index in [2.05, 4.69) is 19.9 Å². The molecule has 3 heterocycles. The van der Waals surface area contributed by atoms with Crippen LogP contribution in [0.25, 0.3) is 11.3 Å². The van der Waals surface area contributed by atoms with Gasteiger partial charge in [0, 0.05) is 42.8 Å². The first-order chi connectivity index (χ1) is 18.9. The van der Waals surface area contributed by atoms with E-state index in [4.69, 9.17) is 0 Å². The highest BCUT2D eigenvalue weighted by molar-refractivity contribution is 5.98. The summed E-state index contributed by atoms with van der Waals surface area (Å²) in [4.78, 5) is 30.1. The molecule has 0 saturated carbocycles. The molecular weight excluding hydrogens is 541 g/mol. The Hall–Kier alpha value is -4.48. The van der Waals surface area contributed by atoms with E-state index in [9.17, 15) is 35.5 Å². The Morgan fingerprint density at radius 3 is 2.30 bits per heavy atom. The number of rotatable bonds is 6. The van der Waals surface area contributed by atoms with Crippen LogP contribution in [-0.2, 0) is 31.6 Å². The van der Waals surface area contributed by atoms with Crippen LogP contribution >= 0.6 is 0 Å². The van der Waals surface area contributed by atoms with Gasteiger partial charge in [0.1, 0.15) is 23.5 Å². The number of carbonyl (C=O) groups excluding carboxylic acids is 1. The molecule has 12 heteroatoms. The lowest BCUT2D eigenvalue weighted by Gasteiger charge is -2.14. The second-order valence-corrected chi connectivity index (χ2v) is 9.03. The highest BCUT2D eigenvalue weighted by atomic mass is 19.4. The van der Waals surface area contributed by atoms with Crippen molar-refractivity contribution in [1.29, 1.82) is 0 Å². The lowest BCUT2D eigenvalue weighted by molar-refractivity contribution is -0.143. The van der Waals surface area contributed by atoms with E-state index in [-0.39, 0.29) is 18.1 Å². The summed E-state index contributed by atoms with van der Waals surface area (Å²) in [6.45, 7) is 0. The first-order valence-corrected chi connectivity index (χ1v) is 11.8. The minimum absolute atomic E-state index is 0.0687. The van der Waals surface area contributed by atoms with Crippen LogP contribution in [0.3, 0.4) is 0 Å². The Kier molecular flexibility index (Phi) is 6.94. The number of aliphatic imine (C=N–C) groups is 1. The summed E-state index contributed by atoms with van der Waals surface area (Å²) in [5, 5.41) is 0. The Morgan fingerprint density at radius 2 is 1.60 bits per heavy atom. The molecule has 0 N–H and O–H groups in total. The Morgan fingerprint density at radius 1 is 0.875 bits per heavy atom. The number of hydrogen-bond acceptors (Lipinski definition) is 5. The van der Waals surface area contributed by atoms with E-state index in [0.29, 0.717) is 46.8 Å². The van der Waals surface area contributed by atoms with E-state index in [1.54, 1.807) is 24.5 Å². The molecule has 2 aromatic heterocycles. The summed E-state index contributed by atoms with van der Waals surface area (Å²) in [6.07, 6.45) is -5.56. The molecule has 0 amide bonds. The highest BCUT2D eigenvalue weighted by Crippen LogP contribution is 2.37. The fraction of sp³-hybridized carbons (Fsp3) is 0.179. The van der Waals surface area contributed by atoms with Crippen molar-refractivity contribution in [2.45, 2.75) is 31.6 Å². The zero-order chi connectivity index (χ0) is 28.7. The molecule has 5 rings (SSSR count). The van der Waals surface area contributed by atoms with Gasteiger partial charge < -0.3 is 0 Å². The van der Waals surface area contributed by atoms with Crippen molar-refractivity contribution in [2.75, 3.05) is 0 Å². The van der Waals surface area contributed by atoms with E-state index in [1.807, 2.05) is 0 Å². The summed E-state index contributed by atoms with van der Waals surface area (Å²) in [5.41, 5.74) is -0.593. The minimum atomic E-state index is -5.11. The number of pyridine rings is 1. The van der Waals surface area contributed by atoms with Crippen molar-refractivity contribution in [2.24, 2.45) is 4.99 Å². The second-order valence-electron chi connectivity index (χ2n) is 9.03. The first kappa shape index (κ1) is 27.1. The third-order valence-corrected chi connectivity index (χ3v) is 6.29. The zero-order valence-electron chi connectivity index (χ0n) is 20.3. The van der Waals surface area contributed by atoms with Gasteiger partial charge in [0.15, 0.2) is 5.78 Å². The largest absolute Gasteiger partial charge is 0.416 e. The van der Waals surface area contributed by atoms with Crippen LogP contribution in [0, 0.1) is 5.82 Å². The maximum Gasteiger partial charge on any atom is 0.416 e. The van der Waals surface area contributed by atoms with Gasteiger partial charge in [-0.15, -0.1) is 0 Å². The summed E-state index contributed by atoms with van der Waals surface area (Å²) in [7, 11) is 0. The average molecular weight is 558 g/mol. The number of aromatic nitrogens is 3. The number of alkyl halides is 6. The van der Waals surface area contributed by atoms with Gasteiger partial charge in [-0.25, -0.2) is 14.4 Å². The normalized spacial score (nSPS) is 13.0. The van der Waals surface area contributed by atoms with Gasteiger partial charge in [0.25, 0.3) is 0 Å². The lowest BCUT2D eigenvalue weighted by Crippen LogP contribution is -2.14. The number of Topliss-reactive ketones (excluding diaryl/α,β-unsaturated/α-hetero) is 1. The summed E-state index contributed by atoms with van der Waals surface area (Å²) >= 11 is 0. The van der Waals surface area contributed by atoms with Gasteiger partial charge in [-0.3, -0.25) is 14.8 Å². The highest BCUT2D eigenvalue weighted by Gasteiger charge is 2.37. The maximum atomic E-state index is 14.7. The molecule has 5 nitrogen and oxygen atoms in total. The average Bonchev–Trinajstić information content (AvgIpc) is 3.39. The van der Waals surface area contributed by atoms with Gasteiger partial charge in [-0.05, 0) is 47.5 Å². The SMILES string of the molecule is O=C(Cc1cc(Cc2ncccc2-c2ncnc3c2N=CC3)ccc1F)c1cc(C(F)(F)F)cc(C(F)(F)F)c1. The van der Waals surface area contributed by atoms with Crippen LogP contribution in [0.15, 0.2) is 66.0 Å².